The van der Waals surface area contributed by atoms with Crippen molar-refractivity contribution >= 4 is 23.2 Å². The fourth-order valence-corrected chi connectivity index (χ4v) is 3.17. The highest BCUT2D eigenvalue weighted by atomic mass is 32.1. The molecule has 5 heteroatoms. The van der Waals surface area contributed by atoms with E-state index in [4.69, 9.17) is 0 Å². The lowest BCUT2D eigenvalue weighted by molar-refractivity contribution is 0.0933. The molecule has 1 aromatic heterocycles. The van der Waals surface area contributed by atoms with Crippen LogP contribution in [-0.2, 0) is 6.54 Å². The van der Waals surface area contributed by atoms with Crippen molar-refractivity contribution < 1.29 is 9.59 Å². The number of carbonyl (C=O) groups is 2. The molecule has 2 aromatic rings. The molecule has 0 saturated carbocycles. The summed E-state index contributed by atoms with van der Waals surface area (Å²) in [5.74, 6) is -0.115. The summed E-state index contributed by atoms with van der Waals surface area (Å²) in [6, 6.07) is 11.2. The molecule has 1 atom stereocenters. The largest absolute Gasteiger partial charge is 0.350 e. The molecule has 2 rings (SSSR count). The van der Waals surface area contributed by atoms with Crippen molar-refractivity contribution in [3.05, 3.63) is 57.8 Å². The number of thiophene rings is 1. The van der Waals surface area contributed by atoms with Crippen molar-refractivity contribution in [2.45, 2.75) is 52.1 Å². The first-order valence-electron chi connectivity index (χ1n) is 8.81. The lowest BCUT2D eigenvalue weighted by atomic mass is 10.1. The molecule has 0 aliphatic carbocycles. The van der Waals surface area contributed by atoms with Crippen LogP contribution < -0.4 is 10.6 Å². The number of amides is 2. The molecule has 0 fully saturated rings. The van der Waals surface area contributed by atoms with Crippen molar-refractivity contribution in [3.63, 3.8) is 0 Å². The molecule has 0 aliphatic rings. The van der Waals surface area contributed by atoms with E-state index in [1.807, 2.05) is 30.5 Å². The summed E-state index contributed by atoms with van der Waals surface area (Å²) in [5, 5.41) is 7.80. The molecular formula is C20H26N2O2S. The Hall–Kier alpha value is -2.14. The summed E-state index contributed by atoms with van der Waals surface area (Å²) >= 11 is 1.42. The Bertz CT molecular complexity index is 666. The monoisotopic (exact) mass is 358 g/mol. The van der Waals surface area contributed by atoms with Crippen LogP contribution in [0.4, 0.5) is 0 Å². The van der Waals surface area contributed by atoms with E-state index in [1.54, 1.807) is 18.2 Å². The standard InChI is InChI=1S/C20H26N2O2S/c1-3-4-5-7-15(2)22-19(23)17-11-9-16(10-12-17)14-21-20(24)18-8-6-13-25-18/h6,8-13,15H,3-5,7,14H2,1-2H3,(H,21,24)(H,22,23). The maximum Gasteiger partial charge on any atom is 0.261 e. The summed E-state index contributed by atoms with van der Waals surface area (Å²) in [4.78, 5) is 24.9. The molecule has 1 aromatic carbocycles. The van der Waals surface area contributed by atoms with Crippen LogP contribution in [-0.4, -0.2) is 17.9 Å². The molecule has 4 nitrogen and oxygen atoms in total. The molecule has 2 N–H and O–H groups in total. The number of carbonyl (C=O) groups excluding carboxylic acids is 2. The molecule has 0 saturated heterocycles. The minimum absolute atomic E-state index is 0.0434. The lowest BCUT2D eigenvalue weighted by Gasteiger charge is -2.14. The first-order valence-corrected chi connectivity index (χ1v) is 9.69. The van der Waals surface area contributed by atoms with E-state index in [9.17, 15) is 9.59 Å². The predicted octanol–water partition coefficient (Wildman–Crippen LogP) is 4.38. The van der Waals surface area contributed by atoms with Crippen LogP contribution in [0.5, 0.6) is 0 Å². The number of benzene rings is 1. The zero-order valence-electron chi connectivity index (χ0n) is 14.9. The third kappa shape index (κ3) is 6.35. The van der Waals surface area contributed by atoms with E-state index in [0.717, 1.165) is 18.4 Å². The average Bonchev–Trinajstić information content (AvgIpc) is 3.15. The Morgan fingerprint density at radius 1 is 1.08 bits per heavy atom. The molecule has 0 aliphatic heterocycles. The van der Waals surface area contributed by atoms with E-state index in [0.29, 0.717) is 17.0 Å². The Kier molecular flexibility index (Phi) is 7.67. The van der Waals surface area contributed by atoms with Crippen LogP contribution in [0.15, 0.2) is 41.8 Å². The van der Waals surface area contributed by atoms with Gasteiger partial charge in [0.25, 0.3) is 11.8 Å². The van der Waals surface area contributed by atoms with Crippen molar-refractivity contribution in [1.29, 1.82) is 0 Å². The first kappa shape index (κ1) is 19.2. The highest BCUT2D eigenvalue weighted by Gasteiger charge is 2.10. The van der Waals surface area contributed by atoms with Gasteiger partial charge in [0.05, 0.1) is 4.88 Å². The van der Waals surface area contributed by atoms with Crippen LogP contribution in [0.1, 0.15) is 65.1 Å². The number of rotatable bonds is 9. The minimum atomic E-state index is -0.0716. The van der Waals surface area contributed by atoms with Gasteiger partial charge >= 0.3 is 0 Å². The van der Waals surface area contributed by atoms with Gasteiger partial charge in [-0.1, -0.05) is 44.4 Å². The quantitative estimate of drug-likeness (QED) is 0.654. The molecule has 25 heavy (non-hydrogen) atoms. The number of unbranched alkanes of at least 4 members (excludes halogenated alkanes) is 2. The smallest absolute Gasteiger partial charge is 0.261 e. The second-order valence-corrected chi connectivity index (χ2v) is 7.17. The summed E-state index contributed by atoms with van der Waals surface area (Å²) in [5.41, 5.74) is 1.62. The number of hydrogen-bond donors (Lipinski definition) is 2. The van der Waals surface area contributed by atoms with Crippen molar-refractivity contribution in [3.8, 4) is 0 Å². The van der Waals surface area contributed by atoms with E-state index in [2.05, 4.69) is 17.6 Å². The topological polar surface area (TPSA) is 58.2 Å². The normalized spacial score (nSPS) is 11.8. The van der Waals surface area contributed by atoms with Gasteiger partial charge in [-0.3, -0.25) is 9.59 Å². The summed E-state index contributed by atoms with van der Waals surface area (Å²) < 4.78 is 0. The fourth-order valence-electron chi connectivity index (χ4n) is 2.53. The van der Waals surface area contributed by atoms with Gasteiger partial charge in [-0.05, 0) is 42.5 Å². The van der Waals surface area contributed by atoms with Crippen LogP contribution in [0, 0.1) is 0 Å². The van der Waals surface area contributed by atoms with Crippen LogP contribution in [0.2, 0.25) is 0 Å². The Balaban J connectivity index is 1.80. The van der Waals surface area contributed by atoms with Gasteiger partial charge in [0.2, 0.25) is 0 Å². The zero-order chi connectivity index (χ0) is 18.1. The summed E-state index contributed by atoms with van der Waals surface area (Å²) in [6.07, 6.45) is 4.53. The van der Waals surface area contributed by atoms with Crippen molar-refractivity contribution in [2.24, 2.45) is 0 Å². The van der Waals surface area contributed by atoms with Gasteiger partial charge in [-0.25, -0.2) is 0 Å². The van der Waals surface area contributed by atoms with Gasteiger partial charge in [0.1, 0.15) is 0 Å². The zero-order valence-corrected chi connectivity index (χ0v) is 15.7. The fraction of sp³-hybridized carbons (Fsp3) is 0.400. The maximum atomic E-state index is 12.2. The lowest BCUT2D eigenvalue weighted by Crippen LogP contribution is -2.32. The highest BCUT2D eigenvalue weighted by molar-refractivity contribution is 7.12. The molecule has 134 valence electrons. The van der Waals surface area contributed by atoms with Gasteiger partial charge in [0, 0.05) is 18.2 Å². The predicted molar refractivity (Wildman–Crippen MR) is 103 cm³/mol. The second kappa shape index (κ2) is 9.99. The van der Waals surface area contributed by atoms with Crippen molar-refractivity contribution in [1.82, 2.24) is 10.6 Å². The molecule has 2 amide bonds. The Morgan fingerprint density at radius 2 is 1.84 bits per heavy atom. The minimum Gasteiger partial charge on any atom is -0.350 e. The molecule has 1 heterocycles. The van der Waals surface area contributed by atoms with Gasteiger partial charge in [-0.15, -0.1) is 11.3 Å². The molecule has 0 bridgehead atoms. The van der Waals surface area contributed by atoms with Crippen molar-refractivity contribution in [2.75, 3.05) is 0 Å². The van der Waals surface area contributed by atoms with Crippen LogP contribution in [0.25, 0.3) is 0 Å². The Labute approximate surface area is 153 Å². The van der Waals surface area contributed by atoms with E-state index in [1.165, 1.54) is 24.2 Å². The molecule has 1 unspecified atom stereocenters. The van der Waals surface area contributed by atoms with E-state index in [-0.39, 0.29) is 17.9 Å². The molecular weight excluding hydrogens is 332 g/mol. The van der Waals surface area contributed by atoms with Crippen LogP contribution >= 0.6 is 11.3 Å². The SMILES string of the molecule is CCCCCC(C)NC(=O)c1ccc(CNC(=O)c2cccs2)cc1. The number of nitrogens with one attached hydrogen (secondary N) is 2. The summed E-state index contributed by atoms with van der Waals surface area (Å²) in [7, 11) is 0. The van der Waals surface area contributed by atoms with Gasteiger partial charge in [0.15, 0.2) is 0 Å². The first-order chi connectivity index (χ1) is 12.1. The summed E-state index contributed by atoms with van der Waals surface area (Å²) in [6.45, 7) is 4.67. The third-order valence-electron chi connectivity index (χ3n) is 4.03. The molecule has 0 spiro atoms. The second-order valence-electron chi connectivity index (χ2n) is 6.23. The Morgan fingerprint density at radius 3 is 2.48 bits per heavy atom. The van der Waals surface area contributed by atoms with Crippen LogP contribution in [0.3, 0.4) is 0 Å². The highest BCUT2D eigenvalue weighted by Crippen LogP contribution is 2.10. The average molecular weight is 359 g/mol. The third-order valence-corrected chi connectivity index (χ3v) is 4.90. The molecule has 0 radical (unpaired) electrons. The van der Waals surface area contributed by atoms with Gasteiger partial charge < -0.3 is 10.6 Å². The van der Waals surface area contributed by atoms with Gasteiger partial charge in [-0.2, -0.15) is 0 Å². The van der Waals surface area contributed by atoms with E-state index < -0.39 is 0 Å². The maximum absolute atomic E-state index is 12.2. The van der Waals surface area contributed by atoms with E-state index >= 15 is 0 Å². The number of hydrogen-bond acceptors (Lipinski definition) is 3.